The summed E-state index contributed by atoms with van der Waals surface area (Å²) >= 11 is 0. The number of rotatable bonds is 4. The van der Waals surface area contributed by atoms with Gasteiger partial charge in [-0.25, -0.2) is 0 Å². The van der Waals surface area contributed by atoms with Crippen LogP contribution in [0.1, 0.15) is 55.6 Å². The molecule has 4 rings (SSSR count). The summed E-state index contributed by atoms with van der Waals surface area (Å²) in [6.07, 6.45) is 2.98. The van der Waals surface area contributed by atoms with E-state index in [-0.39, 0.29) is 11.5 Å². The Kier molecular flexibility index (Phi) is 5.77. The summed E-state index contributed by atoms with van der Waals surface area (Å²) < 4.78 is 41.5. The van der Waals surface area contributed by atoms with E-state index in [9.17, 15) is 13.2 Å². The fourth-order valence-electron chi connectivity index (χ4n) is 4.97. The lowest BCUT2D eigenvalue weighted by atomic mass is 9.87. The van der Waals surface area contributed by atoms with Crippen molar-refractivity contribution in [2.45, 2.75) is 50.6 Å². The van der Waals surface area contributed by atoms with Gasteiger partial charge in [0.1, 0.15) is 0 Å². The van der Waals surface area contributed by atoms with E-state index in [0.717, 1.165) is 44.0 Å². The molecule has 0 unspecified atom stereocenters. The highest BCUT2D eigenvalue weighted by Crippen LogP contribution is 2.40. The van der Waals surface area contributed by atoms with Crippen molar-refractivity contribution in [3.05, 3.63) is 59.7 Å². The van der Waals surface area contributed by atoms with Crippen LogP contribution in [0.4, 0.5) is 13.2 Å². The third-order valence-corrected chi connectivity index (χ3v) is 6.40. The maximum atomic E-state index is 13.8. The number of alkyl halides is 3. The fraction of sp³-hybridized carbons (Fsp3) is 0.500. The molecule has 0 aromatic heterocycles. The van der Waals surface area contributed by atoms with Crippen molar-refractivity contribution in [1.29, 1.82) is 0 Å². The van der Waals surface area contributed by atoms with Crippen LogP contribution in [0, 0.1) is 5.92 Å². The molecule has 150 valence electrons. The first-order valence-corrected chi connectivity index (χ1v) is 10.5. The number of nitrogens with zero attached hydrogens (tertiary/aromatic N) is 1. The van der Waals surface area contributed by atoms with Crippen LogP contribution < -0.4 is 0 Å². The minimum atomic E-state index is -4.35. The normalized spacial score (nSPS) is 21.9. The van der Waals surface area contributed by atoms with E-state index in [4.69, 9.17) is 0 Å². The second kappa shape index (κ2) is 8.28. The quantitative estimate of drug-likeness (QED) is 0.561. The molecule has 1 saturated heterocycles. The molecule has 2 aliphatic rings. The molecule has 0 radical (unpaired) electrons. The zero-order chi connectivity index (χ0) is 19.6. The molecule has 0 N–H and O–H groups in total. The van der Waals surface area contributed by atoms with Crippen LogP contribution in [0.3, 0.4) is 0 Å². The van der Waals surface area contributed by atoms with Crippen LogP contribution in [-0.2, 0) is 6.18 Å². The van der Waals surface area contributed by atoms with Crippen molar-refractivity contribution in [2.24, 2.45) is 5.92 Å². The summed E-state index contributed by atoms with van der Waals surface area (Å²) in [4.78, 5) is 2.49. The van der Waals surface area contributed by atoms with Crippen LogP contribution in [0.15, 0.2) is 48.5 Å². The Morgan fingerprint density at radius 2 is 1.64 bits per heavy atom. The highest BCUT2D eigenvalue weighted by atomic mass is 19.4. The van der Waals surface area contributed by atoms with E-state index in [0.29, 0.717) is 5.56 Å². The average molecular weight is 387 g/mol. The molecule has 1 atom stereocenters. The van der Waals surface area contributed by atoms with Crippen molar-refractivity contribution < 1.29 is 13.2 Å². The Balaban J connectivity index is 1.57. The van der Waals surface area contributed by atoms with Crippen molar-refractivity contribution >= 4 is 0 Å². The molecule has 2 aromatic carbocycles. The van der Waals surface area contributed by atoms with Crippen LogP contribution in [0.2, 0.25) is 0 Å². The number of piperidine rings is 1. The van der Waals surface area contributed by atoms with Gasteiger partial charge < -0.3 is 4.90 Å². The lowest BCUT2D eigenvalue weighted by Crippen LogP contribution is -2.37. The Labute approximate surface area is 165 Å². The molecule has 0 bridgehead atoms. The average Bonchev–Trinajstić information content (AvgIpc) is 3.21. The molecular weight excluding hydrogens is 359 g/mol. The third-order valence-electron chi connectivity index (χ3n) is 6.40. The number of hydrogen-bond acceptors (Lipinski definition) is 1. The van der Waals surface area contributed by atoms with E-state index in [1.54, 1.807) is 30.3 Å². The number of benzene rings is 2. The predicted octanol–water partition coefficient (Wildman–Crippen LogP) is 6.74. The zero-order valence-electron chi connectivity index (χ0n) is 16.2. The first-order valence-electron chi connectivity index (χ1n) is 10.5. The lowest BCUT2D eigenvalue weighted by Gasteiger charge is -2.35. The van der Waals surface area contributed by atoms with Gasteiger partial charge >= 0.3 is 6.18 Å². The third kappa shape index (κ3) is 4.43. The number of halogens is 3. The van der Waals surface area contributed by atoms with Gasteiger partial charge in [0, 0.05) is 13.1 Å². The second-order valence-corrected chi connectivity index (χ2v) is 8.42. The molecular formula is C24H28F3N. The van der Waals surface area contributed by atoms with Gasteiger partial charge in [-0.15, -0.1) is 0 Å². The van der Waals surface area contributed by atoms with Crippen molar-refractivity contribution in [3.63, 3.8) is 0 Å². The maximum absolute atomic E-state index is 13.8. The maximum Gasteiger partial charge on any atom is 0.417 e. The highest BCUT2D eigenvalue weighted by molar-refractivity contribution is 5.68. The fourth-order valence-corrected chi connectivity index (χ4v) is 4.97. The van der Waals surface area contributed by atoms with Gasteiger partial charge in [0.05, 0.1) is 5.56 Å². The van der Waals surface area contributed by atoms with Crippen molar-refractivity contribution in [1.82, 2.24) is 4.90 Å². The van der Waals surface area contributed by atoms with Crippen LogP contribution >= 0.6 is 0 Å². The number of hydrogen-bond donors (Lipinski definition) is 0. The first kappa shape index (κ1) is 19.5. The van der Waals surface area contributed by atoms with Crippen molar-refractivity contribution in [3.8, 4) is 11.1 Å². The summed E-state index contributed by atoms with van der Waals surface area (Å²) in [5.41, 5.74) is 1.22. The van der Waals surface area contributed by atoms with E-state index in [1.165, 1.54) is 31.7 Å². The second-order valence-electron chi connectivity index (χ2n) is 8.42. The van der Waals surface area contributed by atoms with Crippen LogP contribution in [-0.4, -0.2) is 24.5 Å². The van der Waals surface area contributed by atoms with Crippen LogP contribution in [0.5, 0.6) is 0 Å². The predicted molar refractivity (Wildman–Crippen MR) is 107 cm³/mol. The summed E-state index contributed by atoms with van der Waals surface area (Å²) in [6, 6.07) is 13.9. The SMILES string of the molecule is FC(F)(F)c1cc([C@H]2CCCN(CC3CCCC3)C2)ccc1-c1ccccc1. The Bertz CT molecular complexity index is 778. The molecule has 1 nitrogen and oxygen atoms in total. The molecule has 28 heavy (non-hydrogen) atoms. The van der Waals surface area contributed by atoms with Crippen molar-refractivity contribution in [2.75, 3.05) is 19.6 Å². The van der Waals surface area contributed by atoms with Gasteiger partial charge in [0.2, 0.25) is 0 Å². The summed E-state index contributed by atoms with van der Waals surface area (Å²) in [5.74, 6) is 0.978. The van der Waals surface area contributed by atoms with E-state index in [1.807, 2.05) is 12.1 Å². The lowest BCUT2D eigenvalue weighted by molar-refractivity contribution is -0.137. The standard InChI is InChI=1S/C24H28F3N/c25-24(26,27)23-15-20(12-13-22(23)19-9-2-1-3-10-19)21-11-6-14-28(17-21)16-18-7-4-5-8-18/h1-3,9-10,12-13,15,18,21H,4-8,11,14,16-17H2/t21-/m0/s1. The molecule has 1 saturated carbocycles. The van der Waals surface area contributed by atoms with Gasteiger partial charge in [-0.2, -0.15) is 13.2 Å². The van der Waals surface area contributed by atoms with Gasteiger partial charge in [-0.05, 0) is 66.8 Å². The molecule has 2 aromatic rings. The smallest absolute Gasteiger partial charge is 0.302 e. The van der Waals surface area contributed by atoms with E-state index in [2.05, 4.69) is 4.90 Å². The summed E-state index contributed by atoms with van der Waals surface area (Å²) in [6.45, 7) is 3.09. The number of likely N-dealkylation sites (tertiary alicyclic amines) is 1. The van der Waals surface area contributed by atoms with E-state index >= 15 is 0 Å². The van der Waals surface area contributed by atoms with E-state index < -0.39 is 11.7 Å². The summed E-state index contributed by atoms with van der Waals surface area (Å²) in [5, 5.41) is 0. The van der Waals surface area contributed by atoms with Gasteiger partial charge in [0.15, 0.2) is 0 Å². The Hall–Kier alpha value is -1.81. The molecule has 1 aliphatic heterocycles. The highest BCUT2D eigenvalue weighted by Gasteiger charge is 2.35. The topological polar surface area (TPSA) is 3.24 Å². The molecule has 0 spiro atoms. The summed E-state index contributed by atoms with van der Waals surface area (Å²) in [7, 11) is 0. The largest absolute Gasteiger partial charge is 0.417 e. The zero-order valence-corrected chi connectivity index (χ0v) is 16.2. The van der Waals surface area contributed by atoms with Gasteiger partial charge in [0.25, 0.3) is 0 Å². The molecule has 4 heteroatoms. The minimum Gasteiger partial charge on any atom is -0.302 e. The van der Waals surface area contributed by atoms with Gasteiger partial charge in [-0.3, -0.25) is 0 Å². The molecule has 1 heterocycles. The Morgan fingerprint density at radius 1 is 0.893 bits per heavy atom. The van der Waals surface area contributed by atoms with Gasteiger partial charge in [-0.1, -0.05) is 55.3 Å². The molecule has 0 amide bonds. The monoisotopic (exact) mass is 387 g/mol. The molecule has 2 fully saturated rings. The minimum absolute atomic E-state index is 0.195. The first-order chi connectivity index (χ1) is 13.5. The Morgan fingerprint density at radius 3 is 2.36 bits per heavy atom. The van der Waals surface area contributed by atoms with Crippen LogP contribution in [0.25, 0.3) is 11.1 Å². The molecule has 1 aliphatic carbocycles.